The fraction of sp³-hybridized carbons (Fsp3) is 0.381. The summed E-state index contributed by atoms with van der Waals surface area (Å²) in [5.74, 6) is -0.530. The van der Waals surface area contributed by atoms with E-state index in [1.54, 1.807) is 12.1 Å². The van der Waals surface area contributed by atoms with Crippen LogP contribution in [0.5, 0.6) is 0 Å². The second-order valence-corrected chi connectivity index (χ2v) is 9.48. The van der Waals surface area contributed by atoms with Crippen molar-refractivity contribution in [2.75, 3.05) is 24.5 Å². The number of amides is 1. The van der Waals surface area contributed by atoms with Gasteiger partial charge in [0.2, 0.25) is 10.0 Å². The lowest BCUT2D eigenvalue weighted by Crippen LogP contribution is -2.36. The maximum Gasteiger partial charge on any atom is 0.416 e. The molecule has 0 unspecified atom stereocenters. The predicted octanol–water partition coefficient (Wildman–Crippen LogP) is 4.08. The zero-order chi connectivity index (χ0) is 21.5. The molecule has 0 atom stereocenters. The molecule has 5 nitrogen and oxygen atoms in total. The molecule has 0 spiro atoms. The molecule has 30 heavy (non-hydrogen) atoms. The number of sulfonamides is 1. The van der Waals surface area contributed by atoms with Crippen LogP contribution in [0.1, 0.15) is 40.7 Å². The lowest BCUT2D eigenvalue weighted by Gasteiger charge is -2.30. The van der Waals surface area contributed by atoms with Gasteiger partial charge in [-0.2, -0.15) is 17.5 Å². The van der Waals surface area contributed by atoms with Crippen LogP contribution < -0.4 is 4.90 Å². The number of aryl methyl sites for hydroxylation is 1. The first-order valence-electron chi connectivity index (χ1n) is 9.80. The number of hydrogen-bond acceptors (Lipinski definition) is 3. The molecule has 2 heterocycles. The Balaban J connectivity index is 1.65. The molecule has 2 aromatic carbocycles. The van der Waals surface area contributed by atoms with Crippen LogP contribution in [0.4, 0.5) is 18.9 Å². The van der Waals surface area contributed by atoms with Gasteiger partial charge >= 0.3 is 6.18 Å². The highest BCUT2D eigenvalue weighted by Crippen LogP contribution is 2.33. The number of carbonyl (C=O) groups excluding carboxylic acids is 1. The molecule has 0 radical (unpaired) electrons. The van der Waals surface area contributed by atoms with E-state index in [1.807, 2.05) is 0 Å². The minimum atomic E-state index is -4.53. The predicted molar refractivity (Wildman–Crippen MR) is 106 cm³/mol. The van der Waals surface area contributed by atoms with Crippen LogP contribution in [0.25, 0.3) is 0 Å². The summed E-state index contributed by atoms with van der Waals surface area (Å²) in [4.78, 5) is 14.6. The summed E-state index contributed by atoms with van der Waals surface area (Å²) in [7, 11) is -3.58. The first-order chi connectivity index (χ1) is 14.2. The van der Waals surface area contributed by atoms with Crippen molar-refractivity contribution in [3.05, 3.63) is 59.2 Å². The number of halogens is 3. The number of benzene rings is 2. The maximum atomic E-state index is 13.0. The summed E-state index contributed by atoms with van der Waals surface area (Å²) in [6.45, 7) is 1.36. The first-order valence-corrected chi connectivity index (χ1v) is 11.2. The molecule has 4 rings (SSSR count). The quantitative estimate of drug-likeness (QED) is 0.726. The van der Waals surface area contributed by atoms with E-state index >= 15 is 0 Å². The Bertz CT molecular complexity index is 1080. The standard InChI is InChI=1S/C21H21F3N2O3S/c22-21(23,24)17-7-3-5-16(13-17)20(27)26-12-4-6-15-14-18(8-9-19(15)26)30(28,29)25-10-1-2-11-25/h3,5,7-9,13-14H,1-2,4,6,10-12H2. The van der Waals surface area contributed by atoms with Gasteiger partial charge in [-0.3, -0.25) is 4.79 Å². The lowest BCUT2D eigenvalue weighted by atomic mass is 10.0. The van der Waals surface area contributed by atoms with Crippen molar-refractivity contribution in [2.45, 2.75) is 36.8 Å². The molecule has 0 saturated carbocycles. The van der Waals surface area contributed by atoms with Crippen LogP contribution >= 0.6 is 0 Å². The lowest BCUT2D eigenvalue weighted by molar-refractivity contribution is -0.137. The van der Waals surface area contributed by atoms with Crippen molar-refractivity contribution in [3.8, 4) is 0 Å². The molecule has 0 bridgehead atoms. The Hall–Kier alpha value is -2.39. The molecule has 2 aliphatic rings. The molecule has 0 N–H and O–H groups in total. The number of rotatable bonds is 3. The van der Waals surface area contributed by atoms with Crippen LogP contribution in [-0.4, -0.2) is 38.3 Å². The molecule has 0 aromatic heterocycles. The Kier molecular flexibility index (Phi) is 5.36. The highest BCUT2D eigenvalue weighted by Gasteiger charge is 2.33. The molecule has 2 aromatic rings. The highest BCUT2D eigenvalue weighted by molar-refractivity contribution is 7.89. The van der Waals surface area contributed by atoms with Crippen LogP contribution in [-0.2, 0) is 22.6 Å². The minimum Gasteiger partial charge on any atom is -0.308 e. The van der Waals surface area contributed by atoms with E-state index in [0.29, 0.717) is 43.7 Å². The van der Waals surface area contributed by atoms with E-state index < -0.39 is 27.7 Å². The van der Waals surface area contributed by atoms with Gasteiger partial charge in [0.15, 0.2) is 0 Å². The third-order valence-electron chi connectivity index (χ3n) is 5.55. The fourth-order valence-corrected chi connectivity index (χ4v) is 5.58. The van der Waals surface area contributed by atoms with Crippen molar-refractivity contribution in [3.63, 3.8) is 0 Å². The summed E-state index contributed by atoms with van der Waals surface area (Å²) in [6, 6.07) is 9.01. The van der Waals surface area contributed by atoms with Gasteiger partial charge < -0.3 is 4.90 Å². The number of alkyl halides is 3. The molecular weight excluding hydrogens is 417 g/mol. The van der Waals surface area contributed by atoms with Crippen molar-refractivity contribution >= 4 is 21.6 Å². The molecule has 1 saturated heterocycles. The maximum absolute atomic E-state index is 13.0. The summed E-state index contributed by atoms with van der Waals surface area (Å²) in [6.07, 6.45) is -1.65. The van der Waals surface area contributed by atoms with Crippen molar-refractivity contribution in [1.29, 1.82) is 0 Å². The van der Waals surface area contributed by atoms with Gasteiger partial charge in [0.25, 0.3) is 5.91 Å². The Morgan fingerprint density at radius 1 is 0.933 bits per heavy atom. The van der Waals surface area contributed by atoms with Crippen molar-refractivity contribution in [2.24, 2.45) is 0 Å². The highest BCUT2D eigenvalue weighted by atomic mass is 32.2. The van der Waals surface area contributed by atoms with Gasteiger partial charge in [0.1, 0.15) is 0 Å². The number of fused-ring (bicyclic) bond motifs is 1. The van der Waals surface area contributed by atoms with E-state index in [1.165, 1.54) is 27.4 Å². The van der Waals surface area contributed by atoms with Gasteiger partial charge in [0.05, 0.1) is 10.5 Å². The number of anilines is 1. The third kappa shape index (κ3) is 3.83. The monoisotopic (exact) mass is 438 g/mol. The van der Waals surface area contributed by atoms with E-state index in [-0.39, 0.29) is 10.5 Å². The summed E-state index contributed by atoms with van der Waals surface area (Å²) in [5.41, 5.74) is 0.329. The van der Waals surface area contributed by atoms with Crippen molar-refractivity contribution in [1.82, 2.24) is 4.31 Å². The number of hydrogen-bond donors (Lipinski definition) is 0. The van der Waals surface area contributed by atoms with E-state index in [0.717, 1.165) is 25.0 Å². The SMILES string of the molecule is O=C(c1cccc(C(F)(F)F)c1)N1CCCc2cc(S(=O)(=O)N3CCCC3)ccc21. The molecule has 1 fully saturated rings. The summed E-state index contributed by atoms with van der Waals surface area (Å²) >= 11 is 0. The van der Waals surface area contributed by atoms with Crippen molar-refractivity contribution < 1.29 is 26.4 Å². The smallest absolute Gasteiger partial charge is 0.308 e. The Morgan fingerprint density at radius 2 is 1.67 bits per heavy atom. The normalized spacial score (nSPS) is 17.8. The van der Waals surface area contributed by atoms with Gasteiger partial charge in [-0.25, -0.2) is 8.42 Å². The van der Waals surface area contributed by atoms with Gasteiger partial charge in [-0.05, 0) is 67.6 Å². The second-order valence-electron chi connectivity index (χ2n) is 7.54. The molecular formula is C21H21F3N2O3S. The molecule has 2 aliphatic heterocycles. The van der Waals surface area contributed by atoms with Crippen LogP contribution in [0, 0.1) is 0 Å². The third-order valence-corrected chi connectivity index (χ3v) is 7.45. The zero-order valence-electron chi connectivity index (χ0n) is 16.2. The van der Waals surface area contributed by atoms with Gasteiger partial charge in [-0.15, -0.1) is 0 Å². The second kappa shape index (κ2) is 7.70. The van der Waals surface area contributed by atoms with E-state index in [9.17, 15) is 26.4 Å². The number of nitrogens with zero attached hydrogens (tertiary/aromatic N) is 2. The summed E-state index contributed by atoms with van der Waals surface area (Å²) in [5, 5.41) is 0. The minimum absolute atomic E-state index is 0.0496. The topological polar surface area (TPSA) is 57.7 Å². The molecule has 0 aliphatic carbocycles. The van der Waals surface area contributed by atoms with Crippen LogP contribution in [0.15, 0.2) is 47.4 Å². The average molecular weight is 438 g/mol. The first kappa shape index (κ1) is 20.9. The molecule has 160 valence electrons. The molecule has 1 amide bonds. The largest absolute Gasteiger partial charge is 0.416 e. The van der Waals surface area contributed by atoms with E-state index in [2.05, 4.69) is 0 Å². The Morgan fingerprint density at radius 3 is 2.37 bits per heavy atom. The van der Waals surface area contributed by atoms with Crippen LogP contribution in [0.3, 0.4) is 0 Å². The van der Waals surface area contributed by atoms with E-state index in [4.69, 9.17) is 0 Å². The summed E-state index contributed by atoms with van der Waals surface area (Å²) < 4.78 is 66.1. The molecule has 9 heteroatoms. The van der Waals surface area contributed by atoms with Crippen LogP contribution in [0.2, 0.25) is 0 Å². The fourth-order valence-electron chi connectivity index (χ4n) is 4.01. The van der Waals surface area contributed by atoms with Gasteiger partial charge in [-0.1, -0.05) is 6.07 Å². The zero-order valence-corrected chi connectivity index (χ0v) is 17.0. The van der Waals surface area contributed by atoms with Gasteiger partial charge in [0, 0.05) is 30.9 Å². The number of carbonyl (C=O) groups is 1. The average Bonchev–Trinajstić information content (AvgIpc) is 3.28. The Labute approximate surface area is 173 Å².